The fourth-order valence-corrected chi connectivity index (χ4v) is 4.00. The molecule has 25 heavy (non-hydrogen) atoms. The summed E-state index contributed by atoms with van der Waals surface area (Å²) in [6.45, 7) is 0.989. The van der Waals surface area contributed by atoms with Crippen molar-refractivity contribution in [3.63, 3.8) is 0 Å². The van der Waals surface area contributed by atoms with E-state index >= 15 is 0 Å². The summed E-state index contributed by atoms with van der Waals surface area (Å²) in [6, 6.07) is 10.4. The standard InChI is InChI=1S/C20H19N5/c21-19-18-17(14-10-13-6-3-4-7-15(13)22-11-14)16-8-2-1-5-9-25(16)20(18)24-12-23-19/h3-4,6-7,10-12H,1-2,5,8-9H2,(H2,21,23,24). The summed E-state index contributed by atoms with van der Waals surface area (Å²) in [7, 11) is 0. The molecule has 0 bridgehead atoms. The van der Waals surface area contributed by atoms with Gasteiger partial charge in [0.1, 0.15) is 17.8 Å². The number of benzene rings is 1. The van der Waals surface area contributed by atoms with Crippen molar-refractivity contribution in [2.45, 2.75) is 32.2 Å². The van der Waals surface area contributed by atoms with Crippen LogP contribution >= 0.6 is 0 Å². The van der Waals surface area contributed by atoms with Crippen molar-refractivity contribution in [3.05, 3.63) is 48.5 Å². The molecule has 0 unspecified atom stereocenters. The maximum atomic E-state index is 6.27. The Morgan fingerprint density at radius 3 is 2.88 bits per heavy atom. The summed E-state index contributed by atoms with van der Waals surface area (Å²) in [4.78, 5) is 13.5. The third-order valence-electron chi connectivity index (χ3n) is 5.15. The van der Waals surface area contributed by atoms with E-state index in [1.165, 1.54) is 25.0 Å². The van der Waals surface area contributed by atoms with E-state index in [-0.39, 0.29) is 0 Å². The average Bonchev–Trinajstić information content (AvgIpc) is 2.79. The first kappa shape index (κ1) is 14.4. The molecule has 1 aliphatic rings. The molecule has 0 radical (unpaired) electrons. The number of rotatable bonds is 1. The smallest absolute Gasteiger partial charge is 0.146 e. The fourth-order valence-electron chi connectivity index (χ4n) is 4.00. The van der Waals surface area contributed by atoms with Crippen LogP contribution in [0.5, 0.6) is 0 Å². The normalized spacial score (nSPS) is 14.6. The third-order valence-corrected chi connectivity index (χ3v) is 5.15. The molecule has 124 valence electrons. The second-order valence-electron chi connectivity index (χ2n) is 6.66. The maximum absolute atomic E-state index is 6.27. The SMILES string of the molecule is Nc1ncnc2c1c(-c1cnc3ccccc3c1)c1n2CCCCC1. The molecule has 1 aliphatic heterocycles. The van der Waals surface area contributed by atoms with Crippen LogP contribution in [0.3, 0.4) is 0 Å². The summed E-state index contributed by atoms with van der Waals surface area (Å²) >= 11 is 0. The van der Waals surface area contributed by atoms with Gasteiger partial charge in [0.15, 0.2) is 0 Å². The number of hydrogen-bond acceptors (Lipinski definition) is 4. The molecule has 0 aliphatic carbocycles. The minimum Gasteiger partial charge on any atom is -0.383 e. The van der Waals surface area contributed by atoms with Gasteiger partial charge in [-0.05, 0) is 31.4 Å². The zero-order chi connectivity index (χ0) is 16.8. The van der Waals surface area contributed by atoms with Crippen molar-refractivity contribution in [2.24, 2.45) is 0 Å². The Hall–Kier alpha value is -2.95. The van der Waals surface area contributed by atoms with Crippen molar-refractivity contribution in [1.82, 2.24) is 19.5 Å². The van der Waals surface area contributed by atoms with Gasteiger partial charge in [-0.3, -0.25) is 4.98 Å². The molecule has 0 saturated heterocycles. The van der Waals surface area contributed by atoms with E-state index < -0.39 is 0 Å². The number of nitrogen functional groups attached to an aromatic ring is 1. The molecular formula is C20H19N5. The second-order valence-corrected chi connectivity index (χ2v) is 6.66. The Labute approximate surface area is 145 Å². The summed E-state index contributed by atoms with van der Waals surface area (Å²) in [5, 5.41) is 2.11. The van der Waals surface area contributed by atoms with Crippen molar-refractivity contribution >= 4 is 27.8 Å². The van der Waals surface area contributed by atoms with Crippen molar-refractivity contribution < 1.29 is 0 Å². The van der Waals surface area contributed by atoms with E-state index in [9.17, 15) is 0 Å². The summed E-state index contributed by atoms with van der Waals surface area (Å²) in [5.74, 6) is 0.550. The average molecular weight is 329 g/mol. The van der Waals surface area contributed by atoms with E-state index in [0.717, 1.165) is 46.0 Å². The Morgan fingerprint density at radius 1 is 1.00 bits per heavy atom. The second kappa shape index (κ2) is 5.55. The predicted octanol–water partition coefficient (Wildman–Crippen LogP) is 3.96. The Bertz CT molecular complexity index is 1100. The van der Waals surface area contributed by atoms with Gasteiger partial charge >= 0.3 is 0 Å². The lowest BCUT2D eigenvalue weighted by Gasteiger charge is -2.08. The lowest BCUT2D eigenvalue weighted by Crippen LogP contribution is -2.01. The molecule has 5 nitrogen and oxygen atoms in total. The monoisotopic (exact) mass is 329 g/mol. The van der Waals surface area contributed by atoms with Crippen LogP contribution in [0.25, 0.3) is 33.1 Å². The first-order valence-electron chi connectivity index (χ1n) is 8.79. The number of nitrogens with two attached hydrogens (primary N) is 1. The van der Waals surface area contributed by atoms with E-state index in [2.05, 4.69) is 31.7 Å². The zero-order valence-electron chi connectivity index (χ0n) is 13.9. The summed E-state index contributed by atoms with van der Waals surface area (Å²) < 4.78 is 2.34. The third kappa shape index (κ3) is 2.19. The Kier molecular flexibility index (Phi) is 3.20. The molecular weight excluding hydrogens is 310 g/mol. The minimum absolute atomic E-state index is 0.550. The van der Waals surface area contributed by atoms with Gasteiger partial charge in [0, 0.05) is 34.9 Å². The molecule has 1 aromatic carbocycles. The Morgan fingerprint density at radius 2 is 1.92 bits per heavy atom. The molecule has 0 saturated carbocycles. The van der Waals surface area contributed by atoms with Crippen molar-refractivity contribution in [1.29, 1.82) is 0 Å². The summed E-state index contributed by atoms with van der Waals surface area (Å²) in [5.41, 5.74) is 11.8. The Balaban J connectivity index is 1.86. The van der Waals surface area contributed by atoms with Gasteiger partial charge in [0.05, 0.1) is 10.9 Å². The van der Waals surface area contributed by atoms with Crippen LogP contribution in [-0.4, -0.2) is 19.5 Å². The zero-order valence-corrected chi connectivity index (χ0v) is 13.9. The molecule has 4 aromatic rings. The highest BCUT2D eigenvalue weighted by molar-refractivity contribution is 6.03. The number of anilines is 1. The molecule has 0 spiro atoms. The fraction of sp³-hybridized carbons (Fsp3) is 0.250. The number of nitrogens with zero attached hydrogens (tertiary/aromatic N) is 4. The van der Waals surface area contributed by atoms with Gasteiger partial charge in [-0.15, -0.1) is 0 Å². The highest BCUT2D eigenvalue weighted by Crippen LogP contribution is 2.39. The van der Waals surface area contributed by atoms with Crippen molar-refractivity contribution in [2.75, 3.05) is 5.73 Å². The quantitative estimate of drug-likeness (QED) is 0.574. The molecule has 0 fully saturated rings. The first-order chi connectivity index (χ1) is 12.3. The van der Waals surface area contributed by atoms with Gasteiger partial charge in [0.25, 0.3) is 0 Å². The topological polar surface area (TPSA) is 69.6 Å². The van der Waals surface area contributed by atoms with E-state index in [0.29, 0.717) is 5.82 Å². The van der Waals surface area contributed by atoms with Gasteiger partial charge in [0.2, 0.25) is 0 Å². The van der Waals surface area contributed by atoms with E-state index in [4.69, 9.17) is 5.73 Å². The van der Waals surface area contributed by atoms with Crippen LogP contribution in [0.15, 0.2) is 42.9 Å². The predicted molar refractivity (Wildman–Crippen MR) is 100 cm³/mol. The van der Waals surface area contributed by atoms with Crippen LogP contribution in [0.4, 0.5) is 5.82 Å². The number of fused-ring (bicyclic) bond motifs is 4. The van der Waals surface area contributed by atoms with Crippen LogP contribution in [0, 0.1) is 0 Å². The summed E-state index contributed by atoms with van der Waals surface area (Å²) in [6.07, 6.45) is 8.18. The highest BCUT2D eigenvalue weighted by atomic mass is 15.1. The van der Waals surface area contributed by atoms with Crippen LogP contribution < -0.4 is 5.73 Å². The maximum Gasteiger partial charge on any atom is 0.146 e. The van der Waals surface area contributed by atoms with Crippen molar-refractivity contribution in [3.8, 4) is 11.1 Å². The van der Waals surface area contributed by atoms with Gasteiger partial charge < -0.3 is 10.3 Å². The van der Waals surface area contributed by atoms with Crippen LogP contribution in [-0.2, 0) is 13.0 Å². The van der Waals surface area contributed by atoms with E-state index in [1.807, 2.05) is 24.4 Å². The van der Waals surface area contributed by atoms with Gasteiger partial charge in [-0.1, -0.05) is 24.6 Å². The van der Waals surface area contributed by atoms with Crippen LogP contribution in [0.2, 0.25) is 0 Å². The number of hydrogen-bond donors (Lipinski definition) is 1. The van der Waals surface area contributed by atoms with Crippen LogP contribution in [0.1, 0.15) is 25.0 Å². The number of aromatic nitrogens is 4. The molecule has 2 N–H and O–H groups in total. The lowest BCUT2D eigenvalue weighted by molar-refractivity contribution is 0.645. The number of pyridine rings is 1. The minimum atomic E-state index is 0.550. The van der Waals surface area contributed by atoms with Gasteiger partial charge in [-0.25, -0.2) is 9.97 Å². The van der Waals surface area contributed by atoms with E-state index in [1.54, 1.807) is 6.33 Å². The number of para-hydroxylation sites is 1. The lowest BCUT2D eigenvalue weighted by atomic mass is 10.0. The van der Waals surface area contributed by atoms with Gasteiger partial charge in [-0.2, -0.15) is 0 Å². The molecule has 4 heterocycles. The number of aryl methyl sites for hydroxylation is 1. The highest BCUT2D eigenvalue weighted by Gasteiger charge is 2.23. The molecule has 5 heteroatoms. The first-order valence-corrected chi connectivity index (χ1v) is 8.79. The largest absolute Gasteiger partial charge is 0.383 e. The molecule has 0 atom stereocenters. The molecule has 5 rings (SSSR count). The molecule has 0 amide bonds. The molecule has 3 aromatic heterocycles.